The summed E-state index contributed by atoms with van der Waals surface area (Å²) < 4.78 is 0.800. The molecule has 0 atom stereocenters. The van der Waals surface area contributed by atoms with Gasteiger partial charge in [0.2, 0.25) is 5.91 Å². The molecular formula is C15H20BrN3O2. The van der Waals surface area contributed by atoms with Gasteiger partial charge in [0.15, 0.2) is 0 Å². The second-order valence-corrected chi connectivity index (χ2v) is 6.26. The third kappa shape index (κ3) is 3.37. The zero-order chi connectivity index (χ0) is 15.6. The quantitative estimate of drug-likeness (QED) is 0.797. The highest BCUT2D eigenvalue weighted by molar-refractivity contribution is 9.10. The molecule has 0 aromatic heterocycles. The van der Waals surface area contributed by atoms with Crippen LogP contribution in [0.2, 0.25) is 0 Å². The Hall–Kier alpha value is -1.56. The van der Waals surface area contributed by atoms with Crippen LogP contribution in [-0.2, 0) is 4.79 Å². The molecule has 1 heterocycles. The van der Waals surface area contributed by atoms with Crippen LogP contribution in [0.25, 0.3) is 0 Å². The number of halogens is 1. The highest BCUT2D eigenvalue weighted by Gasteiger charge is 2.28. The molecule has 2 rings (SSSR count). The maximum absolute atomic E-state index is 12.6. The number of likely N-dealkylation sites (tertiary alicyclic amines) is 1. The molecule has 1 aromatic carbocycles. The SMILES string of the molecule is CNC(=O)C1CCN(C(=O)c2cc(Br)cc(N)c2C)CC1. The number of nitrogens with two attached hydrogens (primary N) is 1. The maximum Gasteiger partial charge on any atom is 0.254 e. The number of amides is 2. The molecule has 1 aliphatic rings. The summed E-state index contributed by atoms with van der Waals surface area (Å²) in [5.74, 6) is 0.0496. The van der Waals surface area contributed by atoms with Crippen LogP contribution in [0.3, 0.4) is 0 Å². The molecule has 1 fully saturated rings. The van der Waals surface area contributed by atoms with E-state index in [2.05, 4.69) is 21.2 Å². The van der Waals surface area contributed by atoms with Gasteiger partial charge in [-0.25, -0.2) is 0 Å². The fraction of sp³-hybridized carbons (Fsp3) is 0.467. The Bertz CT molecular complexity index is 566. The summed E-state index contributed by atoms with van der Waals surface area (Å²) in [6, 6.07) is 3.60. The lowest BCUT2D eigenvalue weighted by Crippen LogP contribution is -2.42. The van der Waals surface area contributed by atoms with Gasteiger partial charge in [0.25, 0.3) is 5.91 Å². The van der Waals surface area contributed by atoms with Gasteiger partial charge in [-0.2, -0.15) is 0 Å². The first kappa shape index (κ1) is 15.8. The number of piperidine rings is 1. The van der Waals surface area contributed by atoms with Crippen molar-refractivity contribution in [3.05, 3.63) is 27.7 Å². The van der Waals surface area contributed by atoms with Crippen molar-refractivity contribution in [3.63, 3.8) is 0 Å². The second kappa shape index (κ2) is 6.47. The molecule has 0 unspecified atom stereocenters. The smallest absolute Gasteiger partial charge is 0.254 e. The number of carbonyl (C=O) groups is 2. The minimum absolute atomic E-state index is 0.00715. The van der Waals surface area contributed by atoms with Gasteiger partial charge in [0.05, 0.1) is 0 Å². The Kier molecular flexibility index (Phi) is 4.88. The van der Waals surface area contributed by atoms with Gasteiger partial charge in [-0.05, 0) is 37.5 Å². The van der Waals surface area contributed by atoms with Crippen molar-refractivity contribution in [2.24, 2.45) is 5.92 Å². The van der Waals surface area contributed by atoms with Crippen LogP contribution in [0, 0.1) is 12.8 Å². The largest absolute Gasteiger partial charge is 0.398 e. The van der Waals surface area contributed by atoms with Crippen LogP contribution in [-0.4, -0.2) is 36.9 Å². The zero-order valence-corrected chi connectivity index (χ0v) is 13.9. The average molecular weight is 354 g/mol. The van der Waals surface area contributed by atoms with Gasteiger partial charge < -0.3 is 16.0 Å². The molecule has 3 N–H and O–H groups in total. The van der Waals surface area contributed by atoms with Crippen molar-refractivity contribution in [2.45, 2.75) is 19.8 Å². The molecule has 1 aliphatic heterocycles. The maximum atomic E-state index is 12.6. The number of hydrogen-bond acceptors (Lipinski definition) is 3. The van der Waals surface area contributed by atoms with Crippen molar-refractivity contribution < 1.29 is 9.59 Å². The van der Waals surface area contributed by atoms with E-state index >= 15 is 0 Å². The van der Waals surface area contributed by atoms with Gasteiger partial charge >= 0.3 is 0 Å². The molecule has 0 spiro atoms. The van der Waals surface area contributed by atoms with E-state index in [1.807, 2.05) is 6.92 Å². The molecule has 6 heteroatoms. The summed E-state index contributed by atoms with van der Waals surface area (Å²) in [6.45, 7) is 3.05. The van der Waals surface area contributed by atoms with Gasteiger partial charge in [0.1, 0.15) is 0 Å². The molecule has 5 nitrogen and oxygen atoms in total. The molecule has 21 heavy (non-hydrogen) atoms. The van der Waals surface area contributed by atoms with E-state index in [1.54, 1.807) is 24.1 Å². The molecule has 0 saturated carbocycles. The molecule has 1 aromatic rings. The average Bonchev–Trinajstić information content (AvgIpc) is 2.49. The molecule has 0 radical (unpaired) electrons. The lowest BCUT2D eigenvalue weighted by atomic mass is 9.95. The van der Waals surface area contributed by atoms with E-state index < -0.39 is 0 Å². The summed E-state index contributed by atoms with van der Waals surface area (Å²) in [4.78, 5) is 26.0. The molecule has 114 valence electrons. The number of rotatable bonds is 2. The van der Waals surface area contributed by atoms with Crippen molar-refractivity contribution in [3.8, 4) is 0 Å². The number of nitrogens with one attached hydrogen (secondary N) is 1. The van der Waals surface area contributed by atoms with Crippen molar-refractivity contribution >= 4 is 33.4 Å². The van der Waals surface area contributed by atoms with Gasteiger partial charge in [-0.3, -0.25) is 9.59 Å². The minimum Gasteiger partial charge on any atom is -0.398 e. The Labute approximate surface area is 133 Å². The van der Waals surface area contributed by atoms with E-state index in [0.717, 1.165) is 10.0 Å². The van der Waals surface area contributed by atoms with E-state index in [-0.39, 0.29) is 17.7 Å². The van der Waals surface area contributed by atoms with Crippen molar-refractivity contribution in [1.82, 2.24) is 10.2 Å². The first-order valence-electron chi connectivity index (χ1n) is 7.00. The number of benzene rings is 1. The highest BCUT2D eigenvalue weighted by Crippen LogP contribution is 2.26. The van der Waals surface area contributed by atoms with E-state index in [1.165, 1.54) is 0 Å². The fourth-order valence-electron chi connectivity index (χ4n) is 2.64. The molecule has 2 amide bonds. The number of nitrogens with zero attached hydrogens (tertiary/aromatic N) is 1. The summed E-state index contributed by atoms with van der Waals surface area (Å²) in [7, 11) is 1.65. The van der Waals surface area contributed by atoms with E-state index in [9.17, 15) is 9.59 Å². The predicted octanol–water partition coefficient (Wildman–Crippen LogP) is 1.94. The lowest BCUT2D eigenvalue weighted by molar-refractivity contribution is -0.125. The highest BCUT2D eigenvalue weighted by atomic mass is 79.9. The number of hydrogen-bond donors (Lipinski definition) is 2. The van der Waals surface area contributed by atoms with E-state index in [4.69, 9.17) is 5.73 Å². The van der Waals surface area contributed by atoms with Crippen LogP contribution in [0.1, 0.15) is 28.8 Å². The van der Waals surface area contributed by atoms with Gasteiger partial charge in [0, 0.05) is 41.8 Å². The predicted molar refractivity (Wildman–Crippen MR) is 86.0 cm³/mol. The summed E-state index contributed by atoms with van der Waals surface area (Å²) >= 11 is 3.37. The zero-order valence-electron chi connectivity index (χ0n) is 12.3. The van der Waals surface area contributed by atoms with Gasteiger partial charge in [-0.15, -0.1) is 0 Å². The topological polar surface area (TPSA) is 75.4 Å². The second-order valence-electron chi connectivity index (χ2n) is 5.35. The minimum atomic E-state index is -0.0177. The summed E-state index contributed by atoms with van der Waals surface area (Å²) in [5.41, 5.74) is 7.95. The standard InChI is InChI=1S/C15H20BrN3O2/c1-9-12(7-11(16)8-13(9)17)15(21)19-5-3-10(4-6-19)14(20)18-2/h7-8,10H,3-6,17H2,1-2H3,(H,18,20). The van der Waals surface area contributed by atoms with E-state index in [0.29, 0.717) is 37.2 Å². The lowest BCUT2D eigenvalue weighted by Gasteiger charge is -2.31. The van der Waals surface area contributed by atoms with Crippen LogP contribution in [0.15, 0.2) is 16.6 Å². The third-order valence-corrected chi connectivity index (χ3v) is 4.50. The molecule has 0 bridgehead atoms. The number of anilines is 1. The van der Waals surface area contributed by atoms with Gasteiger partial charge in [-0.1, -0.05) is 15.9 Å². The van der Waals surface area contributed by atoms with Crippen LogP contribution < -0.4 is 11.1 Å². The Balaban J connectivity index is 2.11. The number of nitrogen functional groups attached to an aromatic ring is 1. The van der Waals surface area contributed by atoms with Crippen molar-refractivity contribution in [2.75, 3.05) is 25.9 Å². The fourth-order valence-corrected chi connectivity index (χ4v) is 3.12. The monoisotopic (exact) mass is 353 g/mol. The number of carbonyl (C=O) groups excluding carboxylic acids is 2. The molecule has 0 aliphatic carbocycles. The molecular weight excluding hydrogens is 334 g/mol. The van der Waals surface area contributed by atoms with Crippen LogP contribution in [0.5, 0.6) is 0 Å². The summed E-state index contributed by atoms with van der Waals surface area (Å²) in [6.07, 6.45) is 1.40. The third-order valence-electron chi connectivity index (χ3n) is 4.04. The Morgan fingerprint density at radius 1 is 1.33 bits per heavy atom. The summed E-state index contributed by atoms with van der Waals surface area (Å²) in [5, 5.41) is 2.67. The Morgan fingerprint density at radius 3 is 2.52 bits per heavy atom. The van der Waals surface area contributed by atoms with Crippen molar-refractivity contribution in [1.29, 1.82) is 0 Å². The van der Waals surface area contributed by atoms with Crippen LogP contribution in [0.4, 0.5) is 5.69 Å². The Morgan fingerprint density at radius 2 is 1.95 bits per heavy atom. The first-order chi connectivity index (χ1) is 9.93. The van der Waals surface area contributed by atoms with Crippen LogP contribution >= 0.6 is 15.9 Å². The molecule has 1 saturated heterocycles. The first-order valence-corrected chi connectivity index (χ1v) is 7.79. The normalized spacial score (nSPS) is 15.9.